The Hall–Kier alpha value is -1.32. The number of rotatable bonds is 1. The van der Waals surface area contributed by atoms with Crippen LogP contribution < -0.4 is 10.7 Å². The maximum atomic E-state index is 12.1. The van der Waals surface area contributed by atoms with Crippen molar-refractivity contribution in [3.8, 4) is 0 Å². The van der Waals surface area contributed by atoms with E-state index in [0.717, 1.165) is 42.8 Å². The van der Waals surface area contributed by atoms with Gasteiger partial charge in [-0.3, -0.25) is 4.79 Å². The minimum Gasteiger partial charge on any atom is -0.461 e. The summed E-state index contributed by atoms with van der Waals surface area (Å²) in [5, 5.41) is 4.00. The summed E-state index contributed by atoms with van der Waals surface area (Å²) in [5.74, 6) is 1.23. The van der Waals surface area contributed by atoms with Crippen molar-refractivity contribution >= 4 is 23.4 Å². The minimum atomic E-state index is 0. The largest absolute Gasteiger partial charge is 0.461 e. The third-order valence-corrected chi connectivity index (χ3v) is 3.65. The lowest BCUT2D eigenvalue weighted by Gasteiger charge is -2.21. The first-order valence-corrected chi connectivity index (χ1v) is 6.49. The molecule has 1 aliphatic rings. The maximum absolute atomic E-state index is 12.1. The van der Waals surface area contributed by atoms with Crippen LogP contribution in [0.1, 0.15) is 30.1 Å². The van der Waals surface area contributed by atoms with E-state index in [9.17, 15) is 4.79 Å². The number of aryl methyl sites for hydroxylation is 1. The smallest absolute Gasteiger partial charge is 0.192 e. The second kappa shape index (κ2) is 5.76. The van der Waals surface area contributed by atoms with E-state index in [-0.39, 0.29) is 17.8 Å². The van der Waals surface area contributed by atoms with Gasteiger partial charge in [0.25, 0.3) is 0 Å². The number of halogens is 1. The van der Waals surface area contributed by atoms with E-state index in [0.29, 0.717) is 11.3 Å². The molecule has 3 nitrogen and oxygen atoms in total. The summed E-state index contributed by atoms with van der Waals surface area (Å²) in [7, 11) is 0. The highest BCUT2D eigenvalue weighted by Gasteiger charge is 2.18. The number of hydrogen-bond acceptors (Lipinski definition) is 3. The van der Waals surface area contributed by atoms with E-state index in [1.807, 2.05) is 25.1 Å². The molecule has 0 aliphatic carbocycles. The molecule has 1 fully saturated rings. The van der Waals surface area contributed by atoms with Crippen LogP contribution in [0.2, 0.25) is 0 Å². The van der Waals surface area contributed by atoms with E-state index in [1.165, 1.54) is 0 Å². The molecule has 0 spiro atoms. The quantitative estimate of drug-likeness (QED) is 0.873. The van der Waals surface area contributed by atoms with Gasteiger partial charge in [0.2, 0.25) is 0 Å². The first kappa shape index (κ1) is 14.1. The Labute approximate surface area is 118 Å². The van der Waals surface area contributed by atoms with Gasteiger partial charge in [-0.25, -0.2) is 0 Å². The van der Waals surface area contributed by atoms with E-state index < -0.39 is 0 Å². The Bertz CT molecular complexity index is 630. The summed E-state index contributed by atoms with van der Waals surface area (Å²) in [4.78, 5) is 12.1. The second-order valence-corrected chi connectivity index (χ2v) is 5.04. The number of piperidine rings is 1. The van der Waals surface area contributed by atoms with Gasteiger partial charge in [-0.1, -0.05) is 6.07 Å². The number of benzene rings is 1. The normalized spacial score (nSPS) is 16.3. The standard InChI is InChI=1S/C15H17NO2.ClH/c1-10-2-3-12-13(17)9-14(18-15(12)8-10)11-4-6-16-7-5-11;/h2-3,8-9,11,16H,4-7H2,1H3;1H. The van der Waals surface area contributed by atoms with Crippen molar-refractivity contribution in [1.82, 2.24) is 5.32 Å². The van der Waals surface area contributed by atoms with Crippen LogP contribution in [-0.2, 0) is 0 Å². The molecular formula is C15H18ClNO2. The average molecular weight is 280 g/mol. The van der Waals surface area contributed by atoms with Crippen LogP contribution >= 0.6 is 12.4 Å². The molecule has 0 amide bonds. The summed E-state index contributed by atoms with van der Waals surface area (Å²) in [6.07, 6.45) is 2.08. The Morgan fingerprint density at radius 1 is 1.21 bits per heavy atom. The van der Waals surface area contributed by atoms with Gasteiger partial charge < -0.3 is 9.73 Å². The fraction of sp³-hybridized carbons (Fsp3) is 0.400. The molecular weight excluding hydrogens is 262 g/mol. The third kappa shape index (κ3) is 2.82. The zero-order valence-corrected chi connectivity index (χ0v) is 11.8. The van der Waals surface area contributed by atoms with Crippen molar-refractivity contribution in [2.75, 3.05) is 13.1 Å². The lowest BCUT2D eigenvalue weighted by Crippen LogP contribution is -2.27. The van der Waals surface area contributed by atoms with Crippen molar-refractivity contribution < 1.29 is 4.42 Å². The van der Waals surface area contributed by atoms with Gasteiger partial charge >= 0.3 is 0 Å². The SMILES string of the molecule is Cc1ccc2c(=O)cc(C3CCNCC3)oc2c1.Cl. The molecule has 0 bridgehead atoms. The summed E-state index contributed by atoms with van der Waals surface area (Å²) < 4.78 is 5.94. The van der Waals surface area contributed by atoms with Gasteiger partial charge in [-0.05, 0) is 50.6 Å². The zero-order chi connectivity index (χ0) is 12.5. The fourth-order valence-electron chi connectivity index (χ4n) is 2.59. The summed E-state index contributed by atoms with van der Waals surface area (Å²) in [6, 6.07) is 7.42. The van der Waals surface area contributed by atoms with Crippen LogP contribution in [0.4, 0.5) is 0 Å². The predicted octanol–water partition coefficient (Wildman–Crippen LogP) is 2.99. The molecule has 4 heteroatoms. The summed E-state index contributed by atoms with van der Waals surface area (Å²) in [5.41, 5.74) is 1.91. The molecule has 2 aromatic rings. The Morgan fingerprint density at radius 3 is 2.68 bits per heavy atom. The summed E-state index contributed by atoms with van der Waals surface area (Å²) >= 11 is 0. The van der Waals surface area contributed by atoms with Crippen molar-refractivity contribution in [3.05, 3.63) is 45.8 Å². The maximum Gasteiger partial charge on any atom is 0.192 e. The van der Waals surface area contributed by atoms with Crippen molar-refractivity contribution in [2.24, 2.45) is 0 Å². The van der Waals surface area contributed by atoms with E-state index >= 15 is 0 Å². The van der Waals surface area contributed by atoms with Crippen LogP contribution in [-0.4, -0.2) is 13.1 Å². The highest BCUT2D eigenvalue weighted by atomic mass is 35.5. The molecule has 19 heavy (non-hydrogen) atoms. The second-order valence-electron chi connectivity index (χ2n) is 5.04. The van der Waals surface area contributed by atoms with Crippen molar-refractivity contribution in [3.63, 3.8) is 0 Å². The monoisotopic (exact) mass is 279 g/mol. The molecule has 1 aromatic carbocycles. The molecule has 0 atom stereocenters. The number of fused-ring (bicyclic) bond motifs is 1. The van der Waals surface area contributed by atoms with Crippen LogP contribution in [0, 0.1) is 6.92 Å². The van der Waals surface area contributed by atoms with E-state index in [2.05, 4.69) is 5.32 Å². The first-order chi connectivity index (χ1) is 8.74. The lowest BCUT2D eigenvalue weighted by molar-refractivity contribution is 0.392. The molecule has 2 heterocycles. The molecule has 3 rings (SSSR count). The topological polar surface area (TPSA) is 42.2 Å². The van der Waals surface area contributed by atoms with E-state index in [4.69, 9.17) is 4.42 Å². The lowest BCUT2D eigenvalue weighted by atomic mass is 9.95. The van der Waals surface area contributed by atoms with Gasteiger partial charge in [0.05, 0.1) is 5.39 Å². The van der Waals surface area contributed by atoms with Gasteiger partial charge in [0, 0.05) is 12.0 Å². The molecule has 0 radical (unpaired) electrons. The van der Waals surface area contributed by atoms with Gasteiger partial charge in [-0.15, -0.1) is 12.4 Å². The first-order valence-electron chi connectivity index (χ1n) is 6.49. The molecule has 102 valence electrons. The van der Waals surface area contributed by atoms with Gasteiger partial charge in [0.1, 0.15) is 11.3 Å². The summed E-state index contributed by atoms with van der Waals surface area (Å²) in [6.45, 7) is 4.01. The fourth-order valence-corrected chi connectivity index (χ4v) is 2.59. The number of hydrogen-bond donors (Lipinski definition) is 1. The average Bonchev–Trinajstić information content (AvgIpc) is 2.39. The van der Waals surface area contributed by atoms with Crippen LogP contribution in [0.25, 0.3) is 11.0 Å². The Morgan fingerprint density at radius 2 is 1.95 bits per heavy atom. The van der Waals surface area contributed by atoms with Gasteiger partial charge in [0.15, 0.2) is 5.43 Å². The molecule has 0 saturated carbocycles. The van der Waals surface area contributed by atoms with Crippen molar-refractivity contribution in [2.45, 2.75) is 25.7 Å². The van der Waals surface area contributed by atoms with Crippen molar-refractivity contribution in [1.29, 1.82) is 0 Å². The molecule has 1 aliphatic heterocycles. The predicted molar refractivity (Wildman–Crippen MR) is 79.3 cm³/mol. The van der Waals surface area contributed by atoms with Crippen LogP contribution in [0.15, 0.2) is 33.5 Å². The molecule has 0 unspecified atom stereocenters. The van der Waals surface area contributed by atoms with Gasteiger partial charge in [-0.2, -0.15) is 0 Å². The van der Waals surface area contributed by atoms with Crippen LogP contribution in [0.3, 0.4) is 0 Å². The highest BCUT2D eigenvalue weighted by molar-refractivity contribution is 5.85. The molecule has 1 saturated heterocycles. The molecule has 1 N–H and O–H groups in total. The third-order valence-electron chi connectivity index (χ3n) is 3.65. The Kier molecular flexibility index (Phi) is 4.27. The number of nitrogens with one attached hydrogen (secondary N) is 1. The van der Waals surface area contributed by atoms with E-state index in [1.54, 1.807) is 6.07 Å². The highest BCUT2D eigenvalue weighted by Crippen LogP contribution is 2.26. The van der Waals surface area contributed by atoms with Crippen LogP contribution in [0.5, 0.6) is 0 Å². The molecule has 1 aromatic heterocycles. The Balaban J connectivity index is 0.00000133. The minimum absolute atomic E-state index is 0. The zero-order valence-electron chi connectivity index (χ0n) is 10.9.